The number of hydrogen-bond donors (Lipinski definition) is 7. The number of phenols is 7. The fourth-order valence-electron chi connectivity index (χ4n) is 3.62. The quantitative estimate of drug-likeness (QED) is 0.171. The second kappa shape index (κ2) is 8.66. The molecule has 2 atom stereocenters. The number of hydrogen-bond acceptors (Lipinski definition) is 10. The van der Waals surface area contributed by atoms with Gasteiger partial charge in [-0.2, -0.15) is 0 Å². The highest BCUT2D eigenvalue weighted by Gasteiger charge is 2.36. The SMILES string of the molecule is O=C(/C=C/c1ccc(O)c(O)c1)O[C@@H]1Cc2c(O)cc(O)cc2O[C@@H]1c1cc(O)c(O)c(O)c1. The molecule has 7 N–H and O–H groups in total. The van der Waals surface area contributed by atoms with Crippen LogP contribution in [0.2, 0.25) is 0 Å². The first-order chi connectivity index (χ1) is 16.1. The molecule has 0 bridgehead atoms. The molecule has 0 amide bonds. The number of phenolic OH excluding ortho intramolecular Hbond substituents is 7. The van der Waals surface area contributed by atoms with Crippen LogP contribution < -0.4 is 4.74 Å². The third kappa shape index (κ3) is 4.42. The summed E-state index contributed by atoms with van der Waals surface area (Å²) in [6.45, 7) is 0. The Labute approximate surface area is 192 Å². The van der Waals surface area contributed by atoms with Crippen LogP contribution in [-0.4, -0.2) is 47.8 Å². The van der Waals surface area contributed by atoms with E-state index in [0.717, 1.165) is 24.3 Å². The molecule has 1 aliphatic heterocycles. The second-order valence-corrected chi connectivity index (χ2v) is 7.65. The summed E-state index contributed by atoms with van der Waals surface area (Å²) in [4.78, 5) is 12.5. The lowest BCUT2D eigenvalue weighted by Crippen LogP contribution is -2.34. The van der Waals surface area contributed by atoms with Crippen LogP contribution in [0.15, 0.2) is 48.5 Å². The highest BCUT2D eigenvalue weighted by molar-refractivity contribution is 5.87. The van der Waals surface area contributed by atoms with Gasteiger partial charge in [0.15, 0.2) is 34.9 Å². The zero-order valence-corrected chi connectivity index (χ0v) is 17.4. The van der Waals surface area contributed by atoms with Crippen LogP contribution in [0.5, 0.6) is 46.0 Å². The van der Waals surface area contributed by atoms with Crippen LogP contribution in [0.25, 0.3) is 6.08 Å². The first kappa shape index (κ1) is 22.5. The summed E-state index contributed by atoms with van der Waals surface area (Å²) in [5.41, 5.74) is 0.841. The van der Waals surface area contributed by atoms with Crippen molar-refractivity contribution in [3.63, 3.8) is 0 Å². The molecule has 10 heteroatoms. The highest BCUT2D eigenvalue weighted by Crippen LogP contribution is 2.45. The van der Waals surface area contributed by atoms with Crippen LogP contribution in [-0.2, 0) is 16.0 Å². The molecule has 0 radical (unpaired) electrons. The minimum absolute atomic E-state index is 0.0336. The zero-order valence-electron chi connectivity index (χ0n) is 17.4. The maximum absolute atomic E-state index is 12.5. The van der Waals surface area contributed by atoms with Crippen LogP contribution in [0, 0.1) is 0 Å². The smallest absolute Gasteiger partial charge is 0.331 e. The lowest BCUT2D eigenvalue weighted by Gasteiger charge is -2.33. The number of rotatable bonds is 4. The molecular weight excluding hydrogens is 448 g/mol. The lowest BCUT2D eigenvalue weighted by atomic mass is 9.93. The Hall–Kier alpha value is -4.73. The van der Waals surface area contributed by atoms with Crippen molar-refractivity contribution in [2.45, 2.75) is 18.6 Å². The van der Waals surface area contributed by atoms with Crippen molar-refractivity contribution in [1.29, 1.82) is 0 Å². The van der Waals surface area contributed by atoms with Gasteiger partial charge in [-0.1, -0.05) is 6.07 Å². The predicted octanol–water partition coefficient (Wildman–Crippen LogP) is 2.93. The summed E-state index contributed by atoms with van der Waals surface area (Å²) in [5.74, 6) is -3.89. The minimum Gasteiger partial charge on any atom is -0.508 e. The van der Waals surface area contributed by atoms with Gasteiger partial charge in [-0.3, -0.25) is 0 Å². The first-order valence-corrected chi connectivity index (χ1v) is 9.99. The van der Waals surface area contributed by atoms with Crippen molar-refractivity contribution in [3.05, 3.63) is 65.2 Å². The Kier molecular flexibility index (Phi) is 5.72. The van der Waals surface area contributed by atoms with E-state index in [1.54, 1.807) is 0 Å². The predicted molar refractivity (Wildman–Crippen MR) is 117 cm³/mol. The Bertz CT molecular complexity index is 1270. The summed E-state index contributed by atoms with van der Waals surface area (Å²) in [6.07, 6.45) is 0.273. The zero-order chi connectivity index (χ0) is 24.6. The van der Waals surface area contributed by atoms with Crippen molar-refractivity contribution in [2.24, 2.45) is 0 Å². The van der Waals surface area contributed by atoms with Crippen LogP contribution in [0.3, 0.4) is 0 Å². The normalized spacial score (nSPS) is 17.2. The van der Waals surface area contributed by atoms with E-state index in [2.05, 4.69) is 0 Å². The number of aromatic hydroxyl groups is 7. The van der Waals surface area contributed by atoms with E-state index < -0.39 is 35.4 Å². The molecule has 0 aliphatic carbocycles. The summed E-state index contributed by atoms with van der Waals surface area (Å²) >= 11 is 0. The molecule has 0 unspecified atom stereocenters. The van der Waals surface area contributed by atoms with Crippen molar-refractivity contribution < 1.29 is 50.0 Å². The number of carbonyl (C=O) groups is 1. The Balaban J connectivity index is 1.65. The first-order valence-electron chi connectivity index (χ1n) is 9.99. The van der Waals surface area contributed by atoms with Gasteiger partial charge in [-0.25, -0.2) is 4.79 Å². The average molecular weight is 468 g/mol. The van der Waals surface area contributed by atoms with Crippen molar-refractivity contribution in [2.75, 3.05) is 0 Å². The van der Waals surface area contributed by atoms with Gasteiger partial charge in [0.1, 0.15) is 23.4 Å². The van der Waals surface area contributed by atoms with Crippen LogP contribution in [0.1, 0.15) is 22.8 Å². The Morgan fingerprint density at radius 3 is 2.24 bits per heavy atom. The van der Waals surface area contributed by atoms with Crippen LogP contribution in [0.4, 0.5) is 0 Å². The van der Waals surface area contributed by atoms with Gasteiger partial charge >= 0.3 is 5.97 Å². The van der Waals surface area contributed by atoms with Crippen molar-refractivity contribution in [1.82, 2.24) is 0 Å². The highest BCUT2D eigenvalue weighted by atomic mass is 16.6. The number of carbonyl (C=O) groups excluding carboxylic acids is 1. The molecule has 3 aromatic rings. The van der Waals surface area contributed by atoms with E-state index in [0.29, 0.717) is 5.56 Å². The van der Waals surface area contributed by atoms with Gasteiger partial charge < -0.3 is 45.2 Å². The number of fused-ring (bicyclic) bond motifs is 1. The Morgan fingerprint density at radius 2 is 1.56 bits per heavy atom. The number of ether oxygens (including phenoxy) is 2. The maximum Gasteiger partial charge on any atom is 0.331 e. The molecule has 34 heavy (non-hydrogen) atoms. The van der Waals surface area contributed by atoms with Gasteiger partial charge in [-0.15, -0.1) is 0 Å². The van der Waals surface area contributed by atoms with E-state index in [9.17, 15) is 40.5 Å². The summed E-state index contributed by atoms with van der Waals surface area (Å²) in [6, 6.07) is 8.59. The summed E-state index contributed by atoms with van der Waals surface area (Å²) in [7, 11) is 0. The molecule has 10 nitrogen and oxygen atoms in total. The molecule has 1 aliphatic rings. The van der Waals surface area contributed by atoms with E-state index in [4.69, 9.17) is 9.47 Å². The molecule has 3 aromatic carbocycles. The summed E-state index contributed by atoms with van der Waals surface area (Å²) in [5, 5.41) is 68.4. The molecule has 0 aromatic heterocycles. The average Bonchev–Trinajstić information content (AvgIpc) is 2.78. The van der Waals surface area contributed by atoms with Crippen LogP contribution >= 0.6 is 0 Å². The van der Waals surface area contributed by atoms with E-state index >= 15 is 0 Å². The minimum atomic E-state index is -1.08. The fourth-order valence-corrected chi connectivity index (χ4v) is 3.62. The Morgan fingerprint density at radius 1 is 0.853 bits per heavy atom. The molecule has 1 heterocycles. The van der Waals surface area contributed by atoms with Gasteiger partial charge in [0, 0.05) is 35.8 Å². The largest absolute Gasteiger partial charge is 0.508 e. The topological polar surface area (TPSA) is 177 Å². The summed E-state index contributed by atoms with van der Waals surface area (Å²) < 4.78 is 11.4. The monoisotopic (exact) mass is 468 g/mol. The molecule has 0 saturated carbocycles. The molecule has 4 rings (SSSR count). The van der Waals surface area contributed by atoms with E-state index in [-0.39, 0.29) is 46.3 Å². The van der Waals surface area contributed by atoms with Gasteiger partial charge in [0.05, 0.1) is 0 Å². The van der Waals surface area contributed by atoms with Gasteiger partial charge in [0.2, 0.25) is 0 Å². The molecule has 0 spiro atoms. The van der Waals surface area contributed by atoms with E-state index in [1.807, 2.05) is 0 Å². The molecule has 0 fully saturated rings. The van der Waals surface area contributed by atoms with Crippen molar-refractivity contribution >= 4 is 12.0 Å². The standard InChI is InChI=1S/C24H20O10/c25-13-8-16(27)14-10-21(33-22(31)4-2-11-1-3-15(26)17(28)5-11)24(34-20(14)9-13)12-6-18(29)23(32)19(30)7-12/h1-9,21,24-30,32H,10H2/b4-2+/t21-,24-/m1/s1. The fraction of sp³-hybridized carbons (Fsp3) is 0.125. The second-order valence-electron chi connectivity index (χ2n) is 7.65. The number of benzene rings is 3. The lowest BCUT2D eigenvalue weighted by molar-refractivity contribution is -0.149. The van der Waals surface area contributed by atoms with E-state index in [1.165, 1.54) is 30.3 Å². The molecule has 176 valence electrons. The molecule has 0 saturated heterocycles. The number of esters is 1. The molecular formula is C24H20O10. The third-order valence-electron chi connectivity index (χ3n) is 5.27. The maximum atomic E-state index is 12.5. The van der Waals surface area contributed by atoms with Crippen molar-refractivity contribution in [3.8, 4) is 46.0 Å². The third-order valence-corrected chi connectivity index (χ3v) is 5.27. The van der Waals surface area contributed by atoms with Gasteiger partial charge in [0.25, 0.3) is 0 Å². The van der Waals surface area contributed by atoms with Gasteiger partial charge in [-0.05, 0) is 35.9 Å².